The zero-order valence-electron chi connectivity index (χ0n) is 13.1. The number of rotatable bonds is 0. The molecule has 114 valence electrons. The first-order valence-corrected chi connectivity index (χ1v) is 7.30. The lowest BCUT2D eigenvalue weighted by Crippen LogP contribution is -2.47. The van der Waals surface area contributed by atoms with Crippen LogP contribution in [0.2, 0.25) is 0 Å². The van der Waals surface area contributed by atoms with Crippen LogP contribution in [0.5, 0.6) is 0 Å². The summed E-state index contributed by atoms with van der Waals surface area (Å²) >= 11 is 0. The van der Waals surface area contributed by atoms with Crippen molar-refractivity contribution in [3.8, 4) is 0 Å². The molecule has 0 aromatic rings. The molecule has 2 unspecified atom stereocenters. The molecular formula is C15H26N2O3. The Morgan fingerprint density at radius 3 is 2.65 bits per heavy atom. The van der Waals surface area contributed by atoms with E-state index in [1.807, 2.05) is 32.7 Å². The van der Waals surface area contributed by atoms with Gasteiger partial charge in [-0.2, -0.15) is 0 Å². The third-order valence-corrected chi connectivity index (χ3v) is 4.03. The van der Waals surface area contributed by atoms with Gasteiger partial charge in [0.1, 0.15) is 11.8 Å². The van der Waals surface area contributed by atoms with E-state index in [-0.39, 0.29) is 6.09 Å². The Kier molecular flexibility index (Phi) is 4.00. The topological polar surface area (TPSA) is 53.0 Å². The Morgan fingerprint density at radius 1 is 1.40 bits per heavy atom. The van der Waals surface area contributed by atoms with Gasteiger partial charge in [-0.1, -0.05) is 6.92 Å². The van der Waals surface area contributed by atoms with Gasteiger partial charge in [0, 0.05) is 32.3 Å². The molecule has 1 N–H and O–H groups in total. The van der Waals surface area contributed by atoms with Gasteiger partial charge >= 0.3 is 6.09 Å². The number of hydrogen-bond donors (Lipinski definition) is 1. The minimum atomic E-state index is -0.461. The summed E-state index contributed by atoms with van der Waals surface area (Å²) in [5, 5.41) is 10.0. The lowest BCUT2D eigenvalue weighted by molar-refractivity contribution is 0.00154. The normalized spacial score (nSPS) is 27.5. The maximum absolute atomic E-state index is 12.2. The third kappa shape index (κ3) is 3.08. The Balaban J connectivity index is 2.11. The first-order chi connectivity index (χ1) is 9.19. The molecule has 20 heavy (non-hydrogen) atoms. The van der Waals surface area contributed by atoms with Gasteiger partial charge < -0.3 is 19.6 Å². The monoisotopic (exact) mass is 282 g/mol. The highest BCUT2D eigenvalue weighted by molar-refractivity contribution is 5.69. The number of aliphatic hydroxyl groups excluding tert-OH is 1. The van der Waals surface area contributed by atoms with Gasteiger partial charge in [-0.3, -0.25) is 0 Å². The van der Waals surface area contributed by atoms with Crippen molar-refractivity contribution >= 4 is 6.09 Å². The average Bonchev–Trinajstić information content (AvgIpc) is 2.33. The maximum Gasteiger partial charge on any atom is 0.410 e. The quantitative estimate of drug-likeness (QED) is 0.740. The molecule has 0 saturated carbocycles. The highest BCUT2D eigenvalue weighted by Crippen LogP contribution is 2.34. The summed E-state index contributed by atoms with van der Waals surface area (Å²) in [6.07, 6.45) is 0.853. The summed E-state index contributed by atoms with van der Waals surface area (Å²) < 4.78 is 5.44. The molecule has 1 amide bonds. The number of ether oxygens (including phenoxy) is 1. The highest BCUT2D eigenvalue weighted by atomic mass is 16.6. The largest absolute Gasteiger partial charge is 0.444 e. The number of amides is 1. The van der Waals surface area contributed by atoms with Crippen molar-refractivity contribution < 1.29 is 14.6 Å². The number of hydrogen-bond acceptors (Lipinski definition) is 4. The molecular weight excluding hydrogens is 256 g/mol. The van der Waals surface area contributed by atoms with Gasteiger partial charge in [0.05, 0.1) is 0 Å². The summed E-state index contributed by atoms with van der Waals surface area (Å²) in [5.41, 5.74) is 1.99. The lowest BCUT2D eigenvalue weighted by atomic mass is 9.87. The predicted octanol–water partition coefficient (Wildman–Crippen LogP) is 2.17. The zero-order chi connectivity index (χ0) is 15.1. The number of nitrogens with zero attached hydrogens (tertiary/aromatic N) is 2. The molecule has 0 spiro atoms. The Labute approximate surface area is 121 Å². The SMILES string of the molecule is CC1CC(O)N(C)C2=C1CN(C(=O)OC(C)(C)C)CC2. The minimum Gasteiger partial charge on any atom is -0.444 e. The van der Waals surface area contributed by atoms with Crippen LogP contribution in [0.1, 0.15) is 40.5 Å². The summed E-state index contributed by atoms with van der Waals surface area (Å²) in [5.74, 6) is 0.307. The van der Waals surface area contributed by atoms with Crippen molar-refractivity contribution in [2.75, 3.05) is 20.1 Å². The van der Waals surface area contributed by atoms with E-state index < -0.39 is 11.8 Å². The van der Waals surface area contributed by atoms with Gasteiger partial charge in [-0.25, -0.2) is 4.79 Å². The second-order valence-electron chi connectivity index (χ2n) is 6.85. The van der Waals surface area contributed by atoms with Gasteiger partial charge in [0.2, 0.25) is 0 Å². The van der Waals surface area contributed by atoms with Crippen LogP contribution >= 0.6 is 0 Å². The first kappa shape index (κ1) is 15.2. The minimum absolute atomic E-state index is 0.245. The lowest BCUT2D eigenvalue weighted by Gasteiger charge is -2.43. The molecule has 0 bridgehead atoms. The summed E-state index contributed by atoms with van der Waals surface area (Å²) in [4.78, 5) is 15.9. The number of aliphatic hydroxyl groups is 1. The first-order valence-electron chi connectivity index (χ1n) is 7.30. The summed E-state index contributed by atoms with van der Waals surface area (Å²) in [6.45, 7) is 9.02. The van der Waals surface area contributed by atoms with Crippen molar-refractivity contribution in [2.45, 2.75) is 52.4 Å². The van der Waals surface area contributed by atoms with E-state index in [2.05, 4.69) is 6.92 Å². The molecule has 5 nitrogen and oxygen atoms in total. The Hall–Kier alpha value is -1.23. The Morgan fingerprint density at radius 2 is 2.05 bits per heavy atom. The van der Waals surface area contributed by atoms with E-state index in [0.717, 1.165) is 12.8 Å². The van der Waals surface area contributed by atoms with E-state index >= 15 is 0 Å². The molecule has 2 aliphatic heterocycles. The van der Waals surface area contributed by atoms with Crippen LogP contribution in [0, 0.1) is 5.92 Å². The summed E-state index contributed by atoms with van der Waals surface area (Å²) in [7, 11) is 1.93. The fraction of sp³-hybridized carbons (Fsp3) is 0.800. The van der Waals surface area contributed by atoms with Crippen molar-refractivity contribution in [1.82, 2.24) is 9.80 Å². The van der Waals surface area contributed by atoms with E-state index in [9.17, 15) is 9.90 Å². The molecule has 0 aliphatic carbocycles. The van der Waals surface area contributed by atoms with Gasteiger partial charge in [0.25, 0.3) is 0 Å². The van der Waals surface area contributed by atoms with E-state index in [4.69, 9.17) is 4.74 Å². The van der Waals surface area contributed by atoms with Crippen LogP contribution in [-0.4, -0.2) is 53.0 Å². The van der Waals surface area contributed by atoms with Crippen molar-refractivity contribution in [2.24, 2.45) is 5.92 Å². The third-order valence-electron chi connectivity index (χ3n) is 4.03. The van der Waals surface area contributed by atoms with Crippen LogP contribution in [0.4, 0.5) is 4.79 Å². The van der Waals surface area contributed by atoms with Crippen LogP contribution in [0.15, 0.2) is 11.3 Å². The smallest absolute Gasteiger partial charge is 0.410 e. The van der Waals surface area contributed by atoms with E-state index in [1.54, 1.807) is 4.90 Å². The average molecular weight is 282 g/mol. The molecule has 2 heterocycles. The van der Waals surface area contributed by atoms with Crippen LogP contribution in [0.25, 0.3) is 0 Å². The zero-order valence-corrected chi connectivity index (χ0v) is 13.1. The molecule has 0 fully saturated rings. The molecule has 2 rings (SSSR count). The molecule has 0 saturated heterocycles. The van der Waals surface area contributed by atoms with Crippen LogP contribution in [-0.2, 0) is 4.74 Å². The highest BCUT2D eigenvalue weighted by Gasteiger charge is 2.35. The van der Waals surface area contributed by atoms with E-state index in [0.29, 0.717) is 19.0 Å². The molecule has 0 aromatic heterocycles. The molecule has 0 aromatic carbocycles. The molecule has 2 aliphatic rings. The summed E-state index contributed by atoms with van der Waals surface area (Å²) in [6, 6.07) is 0. The Bertz CT molecular complexity index is 425. The van der Waals surface area contributed by atoms with Gasteiger partial charge in [0.15, 0.2) is 0 Å². The number of carbonyl (C=O) groups is 1. The second kappa shape index (κ2) is 5.28. The number of carbonyl (C=O) groups excluding carboxylic acids is 1. The van der Waals surface area contributed by atoms with Crippen molar-refractivity contribution in [1.29, 1.82) is 0 Å². The van der Waals surface area contributed by atoms with Crippen LogP contribution < -0.4 is 0 Å². The predicted molar refractivity (Wildman–Crippen MR) is 77.0 cm³/mol. The molecule has 2 atom stereocenters. The van der Waals surface area contributed by atoms with Crippen molar-refractivity contribution in [3.05, 3.63) is 11.3 Å². The van der Waals surface area contributed by atoms with E-state index in [1.165, 1.54) is 11.3 Å². The second-order valence-corrected chi connectivity index (χ2v) is 6.85. The molecule has 0 radical (unpaired) electrons. The molecule has 5 heteroatoms. The fourth-order valence-electron chi connectivity index (χ4n) is 2.90. The maximum atomic E-state index is 12.2. The van der Waals surface area contributed by atoms with Gasteiger partial charge in [-0.05, 0) is 38.7 Å². The van der Waals surface area contributed by atoms with Crippen LogP contribution in [0.3, 0.4) is 0 Å². The van der Waals surface area contributed by atoms with Crippen molar-refractivity contribution in [3.63, 3.8) is 0 Å². The standard InChI is InChI=1S/C15H26N2O3/c1-10-8-13(18)16(5)12-6-7-17(9-11(10)12)14(19)20-15(2,3)4/h10,13,18H,6-9H2,1-5H3. The van der Waals surface area contributed by atoms with Gasteiger partial charge in [-0.15, -0.1) is 0 Å². The fourth-order valence-corrected chi connectivity index (χ4v) is 2.90.